The highest BCUT2D eigenvalue weighted by Crippen LogP contribution is 2.59. The van der Waals surface area contributed by atoms with Crippen molar-refractivity contribution < 1.29 is 20.1 Å². The third kappa shape index (κ3) is 4.90. The van der Waals surface area contributed by atoms with Crippen LogP contribution in [-0.4, -0.2) is 39.9 Å². The average molecular weight is 461 g/mol. The van der Waals surface area contributed by atoms with Gasteiger partial charge in [-0.05, 0) is 99.0 Å². The number of hydrogen-bond donors (Lipinski definition) is 3. The molecule has 0 spiro atoms. The molecule has 3 aliphatic carbocycles. The second-order valence-electron chi connectivity index (χ2n) is 12.1. The molecule has 4 nitrogen and oxygen atoms in total. The van der Waals surface area contributed by atoms with E-state index < -0.39 is 17.6 Å². The fraction of sp³-hybridized carbons (Fsp3) is 0.828. The Morgan fingerprint density at radius 1 is 1.18 bits per heavy atom. The van der Waals surface area contributed by atoms with Crippen LogP contribution in [0.2, 0.25) is 0 Å². The molecule has 8 atom stereocenters. The zero-order chi connectivity index (χ0) is 24.6. The average Bonchev–Trinajstić information content (AvgIpc) is 3.09. The topological polar surface area (TPSA) is 77.8 Å². The second kappa shape index (κ2) is 10.3. The molecule has 0 radical (unpaired) electrons. The van der Waals surface area contributed by atoms with Crippen molar-refractivity contribution in [2.24, 2.45) is 40.4 Å². The monoisotopic (exact) mass is 460 g/mol. The number of hydrogen-bond acceptors (Lipinski definition) is 4. The van der Waals surface area contributed by atoms with Crippen LogP contribution in [0, 0.1) is 40.4 Å². The molecule has 0 aliphatic heterocycles. The van der Waals surface area contributed by atoms with Crippen LogP contribution in [0.15, 0.2) is 23.3 Å². The molecule has 3 rings (SSSR count). The number of carbonyl (C=O) groups excluding carboxylic acids is 1. The normalized spacial score (nSPS) is 40.7. The fourth-order valence-electron chi connectivity index (χ4n) is 7.77. The number of carbonyl (C=O) groups is 1. The van der Waals surface area contributed by atoms with Crippen molar-refractivity contribution in [3.8, 4) is 0 Å². The lowest BCUT2D eigenvalue weighted by Gasteiger charge is -2.49. The molecule has 188 valence electrons. The van der Waals surface area contributed by atoms with Gasteiger partial charge < -0.3 is 15.3 Å². The van der Waals surface area contributed by atoms with E-state index in [0.717, 1.165) is 31.3 Å². The Morgan fingerprint density at radius 2 is 1.88 bits per heavy atom. The van der Waals surface area contributed by atoms with Crippen molar-refractivity contribution in [1.82, 2.24) is 0 Å². The maximum absolute atomic E-state index is 13.9. The lowest BCUT2D eigenvalue weighted by molar-refractivity contribution is -0.138. The molecule has 33 heavy (non-hydrogen) atoms. The second-order valence-corrected chi connectivity index (χ2v) is 12.1. The zero-order valence-corrected chi connectivity index (χ0v) is 21.8. The Bertz CT molecular complexity index is 768. The molecular formula is C29H48O4. The highest BCUT2D eigenvalue weighted by atomic mass is 16.3. The molecule has 0 amide bonds. The maximum Gasteiger partial charge on any atom is 0.165 e. The molecule has 3 N–H and O–H groups in total. The van der Waals surface area contributed by atoms with E-state index in [2.05, 4.69) is 40.7 Å². The first-order chi connectivity index (χ1) is 15.5. The molecule has 3 aliphatic rings. The van der Waals surface area contributed by atoms with E-state index in [1.165, 1.54) is 5.57 Å². The zero-order valence-electron chi connectivity index (χ0n) is 21.8. The summed E-state index contributed by atoms with van der Waals surface area (Å²) in [6.07, 6.45) is 9.66. The number of aliphatic hydroxyl groups is 3. The third-order valence-corrected chi connectivity index (χ3v) is 10.0. The van der Waals surface area contributed by atoms with Gasteiger partial charge in [-0.25, -0.2) is 0 Å². The summed E-state index contributed by atoms with van der Waals surface area (Å²) in [6, 6.07) is 0. The Kier molecular flexibility index (Phi) is 8.34. The molecule has 0 bridgehead atoms. The molecule has 4 heteroatoms. The van der Waals surface area contributed by atoms with Gasteiger partial charge in [0.25, 0.3) is 0 Å². The number of aliphatic hydroxyl groups excluding tert-OH is 3. The number of allylic oxidation sites excluding steroid dienone is 3. The quantitative estimate of drug-likeness (QED) is 0.421. The highest BCUT2D eigenvalue weighted by Gasteiger charge is 2.56. The molecular weight excluding hydrogens is 412 g/mol. The number of fused-ring (bicyclic) bond motifs is 1. The van der Waals surface area contributed by atoms with Crippen molar-refractivity contribution in [3.05, 3.63) is 23.3 Å². The lowest BCUT2D eigenvalue weighted by atomic mass is 9.55. The molecule has 0 aromatic rings. The van der Waals surface area contributed by atoms with Crippen LogP contribution in [0.5, 0.6) is 0 Å². The lowest BCUT2D eigenvalue weighted by Crippen LogP contribution is -2.52. The molecule has 0 unspecified atom stereocenters. The van der Waals surface area contributed by atoms with Crippen molar-refractivity contribution in [2.45, 2.75) is 105 Å². The van der Waals surface area contributed by atoms with Crippen LogP contribution in [0.1, 0.15) is 92.9 Å². The Labute approximate surface area is 201 Å². The summed E-state index contributed by atoms with van der Waals surface area (Å²) in [5.74, 6) is 1.59. The van der Waals surface area contributed by atoms with E-state index >= 15 is 0 Å². The van der Waals surface area contributed by atoms with Crippen LogP contribution in [0.25, 0.3) is 0 Å². The van der Waals surface area contributed by atoms with Gasteiger partial charge in [0.1, 0.15) is 0 Å². The van der Waals surface area contributed by atoms with Gasteiger partial charge in [-0.3, -0.25) is 4.79 Å². The van der Waals surface area contributed by atoms with E-state index in [1.54, 1.807) is 0 Å². The minimum atomic E-state index is -0.684. The standard InChI is InChI=1S/C29H48O4/c1-7-20(18(2)3)9-8-19(4)23-10-11-24(28(23,5)14-15-30)22-17-26(32)25-16-21(31)12-13-29(25,6)27(22)33/h7,17-19,21,23-26,30-32H,8-16H2,1-6H3/b20-7+/t19-,21+,23-,24+,25-,26+,28-,29+/m1/s1. The number of ketones is 1. The van der Waals surface area contributed by atoms with E-state index in [9.17, 15) is 20.1 Å². The number of Topliss-reactive ketones (excluding diaryl/α,β-unsaturated/α-hetero) is 1. The molecule has 0 aromatic carbocycles. The molecule has 2 saturated carbocycles. The van der Waals surface area contributed by atoms with Gasteiger partial charge in [-0.15, -0.1) is 0 Å². The van der Waals surface area contributed by atoms with Crippen LogP contribution >= 0.6 is 0 Å². The Morgan fingerprint density at radius 3 is 2.48 bits per heavy atom. The van der Waals surface area contributed by atoms with Crippen molar-refractivity contribution in [3.63, 3.8) is 0 Å². The van der Waals surface area contributed by atoms with Crippen LogP contribution in [0.3, 0.4) is 0 Å². The first kappa shape index (κ1) is 26.6. The molecule has 0 heterocycles. The first-order valence-electron chi connectivity index (χ1n) is 13.4. The summed E-state index contributed by atoms with van der Waals surface area (Å²) in [4.78, 5) is 13.9. The fourth-order valence-corrected chi connectivity index (χ4v) is 7.77. The minimum Gasteiger partial charge on any atom is -0.396 e. The van der Waals surface area contributed by atoms with E-state index in [4.69, 9.17) is 0 Å². The van der Waals surface area contributed by atoms with Gasteiger partial charge in [0.2, 0.25) is 0 Å². The highest BCUT2D eigenvalue weighted by molar-refractivity contribution is 6.01. The maximum atomic E-state index is 13.9. The van der Waals surface area contributed by atoms with Crippen LogP contribution < -0.4 is 0 Å². The Balaban J connectivity index is 1.86. The summed E-state index contributed by atoms with van der Waals surface area (Å²) in [7, 11) is 0. The molecule has 2 fully saturated rings. The Hall–Kier alpha value is -0.970. The largest absolute Gasteiger partial charge is 0.396 e. The number of rotatable bonds is 8. The van der Waals surface area contributed by atoms with Crippen molar-refractivity contribution in [1.29, 1.82) is 0 Å². The van der Waals surface area contributed by atoms with E-state index in [0.29, 0.717) is 43.4 Å². The van der Waals surface area contributed by atoms with Gasteiger partial charge in [-0.1, -0.05) is 46.3 Å². The van der Waals surface area contributed by atoms with Crippen LogP contribution in [0.4, 0.5) is 0 Å². The summed E-state index contributed by atoms with van der Waals surface area (Å²) >= 11 is 0. The van der Waals surface area contributed by atoms with Gasteiger partial charge in [0.05, 0.1) is 12.2 Å². The van der Waals surface area contributed by atoms with Crippen molar-refractivity contribution in [2.75, 3.05) is 6.61 Å². The van der Waals surface area contributed by atoms with Gasteiger partial charge in [0.15, 0.2) is 5.78 Å². The third-order valence-electron chi connectivity index (χ3n) is 10.0. The summed E-state index contributed by atoms with van der Waals surface area (Å²) in [5, 5.41) is 31.2. The summed E-state index contributed by atoms with van der Waals surface area (Å²) in [5.41, 5.74) is 1.57. The van der Waals surface area contributed by atoms with Crippen molar-refractivity contribution >= 4 is 5.78 Å². The van der Waals surface area contributed by atoms with Crippen LogP contribution in [-0.2, 0) is 4.79 Å². The molecule has 0 saturated heterocycles. The van der Waals surface area contributed by atoms with E-state index in [-0.39, 0.29) is 29.6 Å². The predicted octanol–water partition coefficient (Wildman–Crippen LogP) is 5.46. The first-order valence-corrected chi connectivity index (χ1v) is 13.4. The van der Waals surface area contributed by atoms with Gasteiger partial charge >= 0.3 is 0 Å². The van der Waals surface area contributed by atoms with E-state index in [1.807, 2.05) is 13.0 Å². The SMILES string of the molecule is C/C=C(\CC[C@@H](C)[C@H]1CC[C@@H](C2=C[C@H](O)[C@H]3C[C@@H](O)CC[C@]3(C)C2=O)[C@]1(C)CCO)C(C)C. The summed E-state index contributed by atoms with van der Waals surface area (Å²) < 4.78 is 0. The smallest absolute Gasteiger partial charge is 0.165 e. The minimum absolute atomic E-state index is 0.0789. The molecule has 0 aromatic heterocycles. The van der Waals surface area contributed by atoms with Gasteiger partial charge in [0, 0.05) is 17.9 Å². The predicted molar refractivity (Wildman–Crippen MR) is 134 cm³/mol. The van der Waals surface area contributed by atoms with Gasteiger partial charge in [-0.2, -0.15) is 0 Å². The summed E-state index contributed by atoms with van der Waals surface area (Å²) in [6.45, 7) is 13.4.